The first-order valence-corrected chi connectivity index (χ1v) is 6.25. The van der Waals surface area contributed by atoms with Gasteiger partial charge in [-0.25, -0.2) is 0 Å². The van der Waals surface area contributed by atoms with Crippen LogP contribution >= 0.6 is 0 Å². The summed E-state index contributed by atoms with van der Waals surface area (Å²) in [5.41, 5.74) is 5.30. The molecule has 2 unspecified atom stereocenters. The maximum absolute atomic E-state index is 12.1. The van der Waals surface area contributed by atoms with E-state index in [1.165, 1.54) is 0 Å². The Morgan fingerprint density at radius 1 is 1.47 bits per heavy atom. The molecule has 5 heteroatoms. The van der Waals surface area contributed by atoms with E-state index in [-0.39, 0.29) is 17.9 Å². The first-order valence-electron chi connectivity index (χ1n) is 6.25. The molecule has 2 aliphatic rings. The second kappa shape index (κ2) is 4.29. The van der Waals surface area contributed by atoms with Gasteiger partial charge in [0.1, 0.15) is 0 Å². The van der Waals surface area contributed by atoms with Gasteiger partial charge in [-0.3, -0.25) is 9.59 Å². The third-order valence-corrected chi connectivity index (χ3v) is 3.88. The Morgan fingerprint density at radius 2 is 2.12 bits per heavy atom. The minimum absolute atomic E-state index is 0.0480. The second-order valence-corrected chi connectivity index (χ2v) is 5.54. The molecule has 2 amide bonds. The first kappa shape index (κ1) is 12.4. The van der Waals surface area contributed by atoms with E-state index in [0.717, 1.165) is 19.3 Å². The van der Waals surface area contributed by atoms with Crippen LogP contribution in [-0.2, 0) is 9.59 Å². The molecule has 3 N–H and O–H groups in total. The zero-order valence-corrected chi connectivity index (χ0v) is 10.5. The minimum Gasteiger partial charge on any atom is -0.350 e. The zero-order chi connectivity index (χ0) is 12.6. The Hall–Kier alpha value is -1.10. The van der Waals surface area contributed by atoms with E-state index in [9.17, 15) is 9.59 Å². The van der Waals surface area contributed by atoms with Crippen LogP contribution < -0.4 is 11.1 Å². The number of nitrogens with two attached hydrogens (primary N) is 1. The smallest absolute Gasteiger partial charge is 0.240 e. The Balaban J connectivity index is 1.88. The summed E-state index contributed by atoms with van der Waals surface area (Å²) in [6.07, 6.45) is 3.31. The standard InChI is InChI=1S/C12H21N3O2/c1-12(13,8-3-4-8)11(17)14-9-5-6-10(16)15(2)7-9/h8-9H,3-7,13H2,1-2H3,(H,14,17). The van der Waals surface area contributed by atoms with Crippen molar-refractivity contribution in [3.8, 4) is 0 Å². The summed E-state index contributed by atoms with van der Waals surface area (Å²) in [6.45, 7) is 2.39. The number of nitrogens with one attached hydrogen (secondary N) is 1. The molecule has 17 heavy (non-hydrogen) atoms. The van der Waals surface area contributed by atoms with E-state index in [1.54, 1.807) is 18.9 Å². The van der Waals surface area contributed by atoms with Crippen molar-refractivity contribution in [3.63, 3.8) is 0 Å². The van der Waals surface area contributed by atoms with Gasteiger partial charge in [0, 0.05) is 26.1 Å². The summed E-state index contributed by atoms with van der Waals surface area (Å²) in [5, 5.41) is 2.97. The van der Waals surface area contributed by atoms with E-state index in [4.69, 9.17) is 5.73 Å². The number of carbonyl (C=O) groups is 2. The molecule has 1 aliphatic heterocycles. The Kier molecular flexibility index (Phi) is 3.12. The van der Waals surface area contributed by atoms with Gasteiger partial charge < -0.3 is 16.0 Å². The summed E-state index contributed by atoms with van der Waals surface area (Å²) in [4.78, 5) is 25.1. The molecule has 1 heterocycles. The number of likely N-dealkylation sites (tertiary alicyclic amines) is 1. The van der Waals surface area contributed by atoms with Gasteiger partial charge in [0.15, 0.2) is 0 Å². The lowest BCUT2D eigenvalue weighted by Crippen LogP contribution is -2.58. The molecule has 0 aromatic carbocycles. The average Bonchev–Trinajstić information content (AvgIpc) is 3.07. The van der Waals surface area contributed by atoms with Crippen molar-refractivity contribution in [2.24, 2.45) is 11.7 Å². The fourth-order valence-corrected chi connectivity index (χ4v) is 2.34. The molecular weight excluding hydrogens is 218 g/mol. The van der Waals surface area contributed by atoms with Crippen LogP contribution in [0.15, 0.2) is 0 Å². The zero-order valence-electron chi connectivity index (χ0n) is 10.5. The van der Waals surface area contributed by atoms with Gasteiger partial charge in [-0.05, 0) is 32.1 Å². The van der Waals surface area contributed by atoms with E-state index in [1.807, 2.05) is 0 Å². The normalized spacial score (nSPS) is 28.8. The molecule has 1 aliphatic carbocycles. The molecule has 2 rings (SSSR count). The SMILES string of the molecule is CN1CC(NC(=O)C(C)(N)C2CC2)CCC1=O. The number of hydrogen-bond donors (Lipinski definition) is 2. The number of carbonyl (C=O) groups excluding carboxylic acids is 2. The van der Waals surface area contributed by atoms with Crippen LogP contribution in [0, 0.1) is 5.92 Å². The van der Waals surface area contributed by atoms with Gasteiger partial charge in [0.2, 0.25) is 11.8 Å². The Bertz CT molecular complexity index is 337. The Labute approximate surface area is 102 Å². The maximum Gasteiger partial charge on any atom is 0.240 e. The lowest BCUT2D eigenvalue weighted by atomic mass is 9.95. The molecule has 96 valence electrons. The van der Waals surface area contributed by atoms with Crippen molar-refractivity contribution in [1.29, 1.82) is 0 Å². The number of rotatable bonds is 3. The molecular formula is C12H21N3O2. The van der Waals surface area contributed by atoms with Crippen LogP contribution in [0.4, 0.5) is 0 Å². The number of likely N-dealkylation sites (N-methyl/N-ethyl adjacent to an activating group) is 1. The summed E-state index contributed by atoms with van der Waals surface area (Å²) in [7, 11) is 1.77. The topological polar surface area (TPSA) is 75.4 Å². The highest BCUT2D eigenvalue weighted by Crippen LogP contribution is 2.38. The van der Waals surface area contributed by atoms with Crippen molar-refractivity contribution in [2.75, 3.05) is 13.6 Å². The summed E-state index contributed by atoms with van der Waals surface area (Å²) < 4.78 is 0. The van der Waals surface area contributed by atoms with Crippen molar-refractivity contribution < 1.29 is 9.59 Å². The van der Waals surface area contributed by atoms with E-state index < -0.39 is 5.54 Å². The van der Waals surface area contributed by atoms with Crippen LogP contribution in [0.25, 0.3) is 0 Å². The average molecular weight is 239 g/mol. The van der Waals surface area contributed by atoms with Crippen molar-refractivity contribution >= 4 is 11.8 Å². The van der Waals surface area contributed by atoms with Crippen molar-refractivity contribution in [1.82, 2.24) is 10.2 Å². The highest BCUT2D eigenvalue weighted by Gasteiger charge is 2.44. The second-order valence-electron chi connectivity index (χ2n) is 5.54. The fraction of sp³-hybridized carbons (Fsp3) is 0.833. The van der Waals surface area contributed by atoms with Gasteiger partial charge in [0.25, 0.3) is 0 Å². The van der Waals surface area contributed by atoms with Crippen LogP contribution in [0.2, 0.25) is 0 Å². The quantitative estimate of drug-likeness (QED) is 0.719. The number of piperidine rings is 1. The van der Waals surface area contributed by atoms with E-state index in [2.05, 4.69) is 5.32 Å². The predicted molar refractivity (Wildman–Crippen MR) is 64.1 cm³/mol. The third kappa shape index (κ3) is 2.60. The van der Waals surface area contributed by atoms with Gasteiger partial charge in [-0.2, -0.15) is 0 Å². The predicted octanol–water partition coefficient (Wildman–Crippen LogP) is -0.149. The van der Waals surface area contributed by atoms with E-state index >= 15 is 0 Å². The van der Waals surface area contributed by atoms with Gasteiger partial charge >= 0.3 is 0 Å². The highest BCUT2D eigenvalue weighted by molar-refractivity contribution is 5.87. The van der Waals surface area contributed by atoms with Gasteiger partial charge in [-0.1, -0.05) is 0 Å². The molecule has 0 radical (unpaired) electrons. The molecule has 0 bridgehead atoms. The van der Waals surface area contributed by atoms with Gasteiger partial charge in [0.05, 0.1) is 5.54 Å². The van der Waals surface area contributed by atoms with Crippen LogP contribution in [0.3, 0.4) is 0 Å². The number of hydrogen-bond acceptors (Lipinski definition) is 3. The van der Waals surface area contributed by atoms with E-state index in [0.29, 0.717) is 18.9 Å². The summed E-state index contributed by atoms with van der Waals surface area (Å²) in [5.74, 6) is 0.395. The molecule has 1 saturated heterocycles. The molecule has 0 aromatic rings. The van der Waals surface area contributed by atoms with Crippen molar-refractivity contribution in [2.45, 2.75) is 44.2 Å². The van der Waals surface area contributed by atoms with Crippen LogP contribution in [-0.4, -0.2) is 41.9 Å². The van der Waals surface area contributed by atoms with Gasteiger partial charge in [-0.15, -0.1) is 0 Å². The largest absolute Gasteiger partial charge is 0.350 e. The Morgan fingerprint density at radius 3 is 2.65 bits per heavy atom. The highest BCUT2D eigenvalue weighted by atomic mass is 16.2. The van der Waals surface area contributed by atoms with Crippen LogP contribution in [0.5, 0.6) is 0 Å². The molecule has 0 spiro atoms. The number of nitrogens with zero attached hydrogens (tertiary/aromatic N) is 1. The molecule has 2 fully saturated rings. The molecule has 5 nitrogen and oxygen atoms in total. The lowest BCUT2D eigenvalue weighted by Gasteiger charge is -2.33. The molecule has 0 aromatic heterocycles. The maximum atomic E-state index is 12.1. The summed E-state index contributed by atoms with van der Waals surface area (Å²) in [6, 6.07) is 0.0480. The number of amides is 2. The first-order chi connectivity index (χ1) is 7.91. The lowest BCUT2D eigenvalue weighted by molar-refractivity contribution is -0.135. The molecule has 1 saturated carbocycles. The fourth-order valence-electron chi connectivity index (χ4n) is 2.34. The van der Waals surface area contributed by atoms with Crippen LogP contribution in [0.1, 0.15) is 32.6 Å². The van der Waals surface area contributed by atoms with Crippen molar-refractivity contribution in [3.05, 3.63) is 0 Å². The molecule has 2 atom stereocenters. The third-order valence-electron chi connectivity index (χ3n) is 3.88. The monoisotopic (exact) mass is 239 g/mol. The minimum atomic E-state index is -0.750. The summed E-state index contributed by atoms with van der Waals surface area (Å²) >= 11 is 0.